The molecule has 1 heterocycles. The van der Waals surface area contributed by atoms with Crippen LogP contribution >= 0.6 is 0 Å². The SMILES string of the molecule is CCOC(=O)CCc1ccc(-n2nc(C(C)(C)C)cc2NC(=O)Nc2cccc3ccccc23)cc1. The molecule has 4 aromatic rings. The van der Waals surface area contributed by atoms with Crippen LogP contribution in [0.1, 0.15) is 45.4 Å². The van der Waals surface area contributed by atoms with Crippen LogP contribution in [0, 0.1) is 0 Å². The van der Waals surface area contributed by atoms with E-state index >= 15 is 0 Å². The highest BCUT2D eigenvalue weighted by atomic mass is 16.5. The highest BCUT2D eigenvalue weighted by molar-refractivity contribution is 6.06. The minimum absolute atomic E-state index is 0.201. The molecule has 0 fully saturated rings. The predicted octanol–water partition coefficient (Wildman–Crippen LogP) is 6.46. The van der Waals surface area contributed by atoms with E-state index in [0.717, 1.165) is 33.4 Å². The molecule has 0 saturated heterocycles. The van der Waals surface area contributed by atoms with Crippen molar-refractivity contribution in [3.8, 4) is 5.69 Å². The van der Waals surface area contributed by atoms with Gasteiger partial charge >= 0.3 is 12.0 Å². The molecule has 2 amide bonds. The summed E-state index contributed by atoms with van der Waals surface area (Å²) in [6.45, 7) is 8.43. The first-order valence-corrected chi connectivity index (χ1v) is 12.2. The lowest BCUT2D eigenvalue weighted by Crippen LogP contribution is -2.21. The fourth-order valence-corrected chi connectivity index (χ4v) is 3.92. The summed E-state index contributed by atoms with van der Waals surface area (Å²) in [5.74, 6) is 0.365. The molecule has 0 aliphatic heterocycles. The van der Waals surface area contributed by atoms with Crippen LogP contribution in [-0.4, -0.2) is 28.4 Å². The van der Waals surface area contributed by atoms with E-state index in [-0.39, 0.29) is 17.4 Å². The average molecular weight is 485 g/mol. The van der Waals surface area contributed by atoms with E-state index in [0.29, 0.717) is 25.3 Å². The molecule has 0 saturated carbocycles. The van der Waals surface area contributed by atoms with Crippen molar-refractivity contribution in [3.05, 3.63) is 84.1 Å². The summed E-state index contributed by atoms with van der Waals surface area (Å²) >= 11 is 0. The van der Waals surface area contributed by atoms with E-state index in [9.17, 15) is 9.59 Å². The lowest BCUT2D eigenvalue weighted by molar-refractivity contribution is -0.143. The molecule has 2 N–H and O–H groups in total. The number of hydrogen-bond donors (Lipinski definition) is 2. The van der Waals surface area contributed by atoms with Crippen LogP contribution in [0.4, 0.5) is 16.3 Å². The fraction of sp³-hybridized carbons (Fsp3) is 0.276. The minimum atomic E-state index is -0.348. The van der Waals surface area contributed by atoms with E-state index in [1.807, 2.05) is 72.8 Å². The summed E-state index contributed by atoms with van der Waals surface area (Å²) in [6.07, 6.45) is 0.939. The number of amides is 2. The van der Waals surface area contributed by atoms with Crippen molar-refractivity contribution in [2.24, 2.45) is 0 Å². The Morgan fingerprint density at radius 2 is 1.67 bits per heavy atom. The standard InChI is InChI=1S/C29H32N4O3/c1-5-36-27(34)18-15-20-13-16-22(17-14-20)33-26(19-25(32-33)29(2,3)4)31-28(35)30-24-12-8-10-21-9-6-7-11-23(21)24/h6-14,16-17,19H,5,15,18H2,1-4H3,(H2,30,31,35). The molecule has 0 atom stereocenters. The van der Waals surface area contributed by atoms with Crippen LogP contribution in [0.15, 0.2) is 72.8 Å². The number of hydrogen-bond acceptors (Lipinski definition) is 4. The second-order valence-electron chi connectivity index (χ2n) is 9.65. The zero-order valence-electron chi connectivity index (χ0n) is 21.2. The van der Waals surface area contributed by atoms with Crippen LogP contribution in [0.5, 0.6) is 0 Å². The molecule has 3 aromatic carbocycles. The van der Waals surface area contributed by atoms with Crippen molar-refractivity contribution in [3.63, 3.8) is 0 Å². The van der Waals surface area contributed by atoms with E-state index in [2.05, 4.69) is 31.4 Å². The number of carbonyl (C=O) groups excluding carboxylic acids is 2. The number of nitrogens with one attached hydrogen (secondary N) is 2. The third-order valence-corrected chi connectivity index (χ3v) is 5.86. The number of rotatable bonds is 7. The Bertz CT molecular complexity index is 1360. The molecule has 186 valence electrons. The maximum Gasteiger partial charge on any atom is 0.324 e. The molecule has 1 aromatic heterocycles. The van der Waals surface area contributed by atoms with Gasteiger partial charge in [-0.3, -0.25) is 10.1 Å². The van der Waals surface area contributed by atoms with Crippen molar-refractivity contribution in [2.75, 3.05) is 17.2 Å². The lowest BCUT2D eigenvalue weighted by Gasteiger charge is -2.14. The Morgan fingerprint density at radius 3 is 2.39 bits per heavy atom. The zero-order valence-corrected chi connectivity index (χ0v) is 21.2. The third-order valence-electron chi connectivity index (χ3n) is 5.86. The van der Waals surface area contributed by atoms with Gasteiger partial charge in [-0.15, -0.1) is 0 Å². The maximum absolute atomic E-state index is 13.0. The fourth-order valence-electron chi connectivity index (χ4n) is 3.92. The largest absolute Gasteiger partial charge is 0.466 e. The van der Waals surface area contributed by atoms with E-state index < -0.39 is 0 Å². The molecule has 0 spiro atoms. The van der Waals surface area contributed by atoms with Gasteiger partial charge in [0.15, 0.2) is 0 Å². The van der Waals surface area contributed by atoms with E-state index in [1.54, 1.807) is 11.6 Å². The smallest absolute Gasteiger partial charge is 0.324 e. The maximum atomic E-state index is 13.0. The summed E-state index contributed by atoms with van der Waals surface area (Å²) in [6, 6.07) is 23.1. The van der Waals surface area contributed by atoms with Gasteiger partial charge < -0.3 is 10.1 Å². The number of ether oxygens (including phenoxy) is 1. The number of aromatic nitrogens is 2. The summed E-state index contributed by atoms with van der Waals surface area (Å²) < 4.78 is 6.75. The quantitative estimate of drug-likeness (QED) is 0.295. The normalized spacial score (nSPS) is 11.3. The first kappa shape index (κ1) is 25.0. The van der Waals surface area contributed by atoms with Crippen molar-refractivity contribution >= 4 is 34.3 Å². The molecule has 4 rings (SSSR count). The van der Waals surface area contributed by atoms with Crippen molar-refractivity contribution in [1.29, 1.82) is 0 Å². The number of aryl methyl sites for hydroxylation is 1. The van der Waals surface area contributed by atoms with Gasteiger partial charge in [0.2, 0.25) is 0 Å². The molecule has 0 aliphatic rings. The van der Waals surface area contributed by atoms with Gasteiger partial charge in [0.05, 0.1) is 23.7 Å². The van der Waals surface area contributed by atoms with Crippen LogP contribution in [-0.2, 0) is 21.4 Å². The Balaban J connectivity index is 1.56. The minimum Gasteiger partial charge on any atom is -0.466 e. The molecule has 0 radical (unpaired) electrons. The Labute approximate surface area is 211 Å². The van der Waals surface area contributed by atoms with Crippen LogP contribution < -0.4 is 10.6 Å². The van der Waals surface area contributed by atoms with Crippen molar-refractivity contribution in [2.45, 2.75) is 46.0 Å². The summed E-state index contributed by atoms with van der Waals surface area (Å²) in [7, 11) is 0. The third kappa shape index (κ3) is 5.92. The first-order chi connectivity index (χ1) is 17.2. The van der Waals surface area contributed by atoms with Gasteiger partial charge in [0, 0.05) is 23.3 Å². The van der Waals surface area contributed by atoms with Crippen molar-refractivity contribution < 1.29 is 14.3 Å². The lowest BCUT2D eigenvalue weighted by atomic mass is 9.92. The number of nitrogens with zero attached hydrogens (tertiary/aromatic N) is 2. The van der Waals surface area contributed by atoms with E-state index in [1.165, 1.54) is 0 Å². The monoisotopic (exact) mass is 484 g/mol. The molecular formula is C29H32N4O3. The van der Waals surface area contributed by atoms with Crippen LogP contribution in [0.2, 0.25) is 0 Å². The Kier molecular flexibility index (Phi) is 7.38. The molecular weight excluding hydrogens is 452 g/mol. The van der Waals surface area contributed by atoms with Crippen molar-refractivity contribution in [1.82, 2.24) is 9.78 Å². The Morgan fingerprint density at radius 1 is 0.944 bits per heavy atom. The summed E-state index contributed by atoms with van der Waals surface area (Å²) in [5, 5.41) is 12.8. The number of urea groups is 1. The summed E-state index contributed by atoms with van der Waals surface area (Å²) in [4.78, 5) is 24.7. The zero-order chi connectivity index (χ0) is 25.7. The molecule has 7 heteroatoms. The molecule has 7 nitrogen and oxygen atoms in total. The summed E-state index contributed by atoms with van der Waals surface area (Å²) in [5.41, 5.74) is 3.23. The molecule has 36 heavy (non-hydrogen) atoms. The second kappa shape index (κ2) is 10.6. The topological polar surface area (TPSA) is 85.2 Å². The van der Waals surface area contributed by atoms with Crippen LogP contribution in [0.25, 0.3) is 16.5 Å². The van der Waals surface area contributed by atoms with Gasteiger partial charge in [-0.2, -0.15) is 5.10 Å². The number of carbonyl (C=O) groups is 2. The number of anilines is 2. The predicted molar refractivity (Wildman–Crippen MR) is 144 cm³/mol. The number of fused-ring (bicyclic) bond motifs is 1. The molecule has 0 aliphatic carbocycles. The second-order valence-corrected chi connectivity index (χ2v) is 9.65. The Hall–Kier alpha value is -4.13. The highest BCUT2D eigenvalue weighted by Gasteiger charge is 2.22. The van der Waals surface area contributed by atoms with Gasteiger partial charge in [-0.05, 0) is 42.5 Å². The van der Waals surface area contributed by atoms with Gasteiger partial charge in [-0.25, -0.2) is 9.48 Å². The molecule has 0 unspecified atom stereocenters. The highest BCUT2D eigenvalue weighted by Crippen LogP contribution is 2.27. The average Bonchev–Trinajstić information content (AvgIpc) is 3.28. The van der Waals surface area contributed by atoms with Gasteiger partial charge in [0.25, 0.3) is 0 Å². The number of benzene rings is 3. The van der Waals surface area contributed by atoms with Crippen LogP contribution in [0.3, 0.4) is 0 Å². The van der Waals surface area contributed by atoms with Gasteiger partial charge in [0.1, 0.15) is 5.82 Å². The van der Waals surface area contributed by atoms with E-state index in [4.69, 9.17) is 9.84 Å². The molecule has 0 bridgehead atoms. The number of esters is 1. The van der Waals surface area contributed by atoms with Gasteiger partial charge in [-0.1, -0.05) is 69.3 Å². The first-order valence-electron chi connectivity index (χ1n) is 12.2.